The Morgan fingerprint density at radius 3 is 1.76 bits per heavy atom. The minimum Gasteiger partial charge on any atom is -0.312 e. The van der Waals surface area contributed by atoms with Crippen LogP contribution in [0.4, 0.5) is 0 Å². The van der Waals surface area contributed by atoms with Crippen LogP contribution in [0, 0.1) is 0 Å². The van der Waals surface area contributed by atoms with Gasteiger partial charge in [-0.1, -0.05) is 40.0 Å². The SMILES string of the molecule is CCCCCC(CC)(CC)OS.O=P(O)(O)O. The lowest BCUT2D eigenvalue weighted by Gasteiger charge is -2.28. The molecule has 3 N–H and O–H groups in total. The van der Waals surface area contributed by atoms with Crippen molar-refractivity contribution < 1.29 is 23.4 Å². The fourth-order valence-electron chi connectivity index (χ4n) is 1.48. The average molecular weight is 288 g/mol. The number of thiol groups is 1. The summed E-state index contributed by atoms with van der Waals surface area (Å²) in [6, 6.07) is 0. The second kappa shape index (κ2) is 10.4. The van der Waals surface area contributed by atoms with E-state index < -0.39 is 7.82 Å². The highest BCUT2D eigenvalue weighted by Crippen LogP contribution is 2.28. The van der Waals surface area contributed by atoms with Crippen molar-refractivity contribution in [1.29, 1.82) is 0 Å². The third-order valence-electron chi connectivity index (χ3n) is 2.72. The molecule has 0 aliphatic carbocycles. The fraction of sp³-hybridized carbons (Fsp3) is 1.00. The molecule has 0 radical (unpaired) electrons. The summed E-state index contributed by atoms with van der Waals surface area (Å²) in [4.78, 5) is 21.6. The standard InChI is InChI=1S/C10H22OS.H3O4P/c1-4-7-8-9-10(5-2,6-3)11-12;1-5(2,3)4/h12H,4-9H2,1-3H3;(H3,1,2,3,4). The molecular formula is C10H25O5PS. The highest BCUT2D eigenvalue weighted by molar-refractivity contribution is 7.75. The molecule has 0 aromatic heterocycles. The van der Waals surface area contributed by atoms with Crippen molar-refractivity contribution in [3.8, 4) is 0 Å². The van der Waals surface area contributed by atoms with E-state index in [0.717, 1.165) is 19.3 Å². The van der Waals surface area contributed by atoms with Gasteiger partial charge in [0.15, 0.2) is 0 Å². The Hall–Kier alpha value is 0.420. The Bertz CT molecular complexity index is 198. The molecule has 0 bridgehead atoms. The topological polar surface area (TPSA) is 87.0 Å². The summed E-state index contributed by atoms with van der Waals surface area (Å²) in [5, 5.41) is 0. The van der Waals surface area contributed by atoms with Gasteiger partial charge >= 0.3 is 7.82 Å². The number of hydrogen-bond donors (Lipinski definition) is 4. The number of hydrogen-bond acceptors (Lipinski definition) is 3. The van der Waals surface area contributed by atoms with Crippen molar-refractivity contribution in [3.63, 3.8) is 0 Å². The van der Waals surface area contributed by atoms with E-state index in [1.807, 2.05) is 0 Å². The van der Waals surface area contributed by atoms with Crippen molar-refractivity contribution in [2.24, 2.45) is 0 Å². The summed E-state index contributed by atoms with van der Waals surface area (Å²) >= 11 is 3.96. The Balaban J connectivity index is 0. The first-order chi connectivity index (χ1) is 7.74. The second-order valence-corrected chi connectivity index (χ2v) is 5.16. The fourth-order valence-corrected chi connectivity index (χ4v) is 1.82. The van der Waals surface area contributed by atoms with Crippen LogP contribution >= 0.6 is 20.7 Å². The van der Waals surface area contributed by atoms with Gasteiger partial charge in [0.25, 0.3) is 0 Å². The molecule has 0 unspecified atom stereocenters. The van der Waals surface area contributed by atoms with Crippen molar-refractivity contribution in [1.82, 2.24) is 0 Å². The predicted octanol–water partition coefficient (Wildman–Crippen LogP) is 3.06. The van der Waals surface area contributed by atoms with Crippen LogP contribution in [0.1, 0.15) is 59.3 Å². The molecule has 0 saturated carbocycles. The quantitative estimate of drug-likeness (QED) is 0.250. The van der Waals surface area contributed by atoms with Gasteiger partial charge in [-0.25, -0.2) is 4.57 Å². The summed E-state index contributed by atoms with van der Waals surface area (Å²) in [5.41, 5.74) is 0.0400. The van der Waals surface area contributed by atoms with Gasteiger partial charge in [-0.2, -0.15) is 0 Å². The monoisotopic (exact) mass is 288 g/mol. The predicted molar refractivity (Wildman–Crippen MR) is 71.8 cm³/mol. The molecule has 0 aromatic rings. The van der Waals surface area contributed by atoms with Crippen LogP contribution in [0.25, 0.3) is 0 Å². The summed E-state index contributed by atoms with van der Waals surface area (Å²) < 4.78 is 14.2. The molecule has 0 aliphatic rings. The van der Waals surface area contributed by atoms with E-state index >= 15 is 0 Å². The molecular weight excluding hydrogens is 263 g/mol. The molecule has 0 spiro atoms. The van der Waals surface area contributed by atoms with E-state index in [9.17, 15) is 0 Å². The maximum atomic E-state index is 8.88. The third kappa shape index (κ3) is 14.4. The van der Waals surface area contributed by atoms with E-state index in [1.165, 1.54) is 19.3 Å². The van der Waals surface area contributed by atoms with Gasteiger partial charge in [0, 0.05) is 0 Å². The first-order valence-corrected chi connectivity index (χ1v) is 7.78. The molecule has 7 heteroatoms. The van der Waals surface area contributed by atoms with Gasteiger partial charge in [0.2, 0.25) is 0 Å². The van der Waals surface area contributed by atoms with Crippen molar-refractivity contribution >= 4 is 20.7 Å². The largest absolute Gasteiger partial charge is 0.466 e. The highest BCUT2D eigenvalue weighted by Gasteiger charge is 2.25. The van der Waals surface area contributed by atoms with Crippen molar-refractivity contribution in [2.45, 2.75) is 64.9 Å². The van der Waals surface area contributed by atoms with E-state index in [1.54, 1.807) is 0 Å². The normalized spacial score (nSPS) is 11.9. The van der Waals surface area contributed by atoms with Crippen LogP contribution in [-0.2, 0) is 8.75 Å². The van der Waals surface area contributed by atoms with Gasteiger partial charge in [-0.3, -0.25) is 0 Å². The lowest BCUT2D eigenvalue weighted by atomic mass is 9.91. The maximum absolute atomic E-state index is 8.88. The summed E-state index contributed by atoms with van der Waals surface area (Å²) in [7, 11) is -4.64. The van der Waals surface area contributed by atoms with Gasteiger partial charge in [0.1, 0.15) is 0 Å². The minimum absolute atomic E-state index is 0.0400. The third-order valence-corrected chi connectivity index (χ3v) is 3.11. The molecule has 0 rings (SSSR count). The highest BCUT2D eigenvalue weighted by atomic mass is 32.1. The Morgan fingerprint density at radius 1 is 1.12 bits per heavy atom. The molecule has 0 fully saturated rings. The molecule has 17 heavy (non-hydrogen) atoms. The van der Waals surface area contributed by atoms with Gasteiger partial charge in [-0.05, 0) is 32.2 Å². The van der Waals surface area contributed by atoms with Crippen LogP contribution in [0.5, 0.6) is 0 Å². The number of unbranched alkanes of at least 4 members (excludes halogenated alkanes) is 2. The second-order valence-electron chi connectivity index (χ2n) is 3.95. The first kappa shape index (κ1) is 19.8. The Morgan fingerprint density at radius 2 is 1.53 bits per heavy atom. The Labute approximate surface area is 109 Å². The zero-order valence-electron chi connectivity index (χ0n) is 10.8. The summed E-state index contributed by atoms with van der Waals surface area (Å²) in [6.45, 7) is 6.57. The Kier molecular flexibility index (Phi) is 12.0. The molecule has 0 amide bonds. The molecule has 0 aliphatic heterocycles. The number of phosphoric acid groups is 1. The van der Waals surface area contributed by atoms with Crippen LogP contribution < -0.4 is 0 Å². The smallest absolute Gasteiger partial charge is 0.312 e. The summed E-state index contributed by atoms with van der Waals surface area (Å²) in [5.74, 6) is 0. The molecule has 0 heterocycles. The molecule has 106 valence electrons. The molecule has 0 aromatic carbocycles. The van der Waals surface area contributed by atoms with E-state index in [2.05, 4.69) is 33.7 Å². The van der Waals surface area contributed by atoms with Crippen molar-refractivity contribution in [3.05, 3.63) is 0 Å². The van der Waals surface area contributed by atoms with Crippen molar-refractivity contribution in [2.75, 3.05) is 0 Å². The number of rotatable bonds is 7. The van der Waals surface area contributed by atoms with Crippen LogP contribution in [0.15, 0.2) is 0 Å². The van der Waals surface area contributed by atoms with E-state index in [-0.39, 0.29) is 5.60 Å². The lowest BCUT2D eigenvalue weighted by molar-refractivity contribution is 0.0758. The first-order valence-electron chi connectivity index (χ1n) is 5.85. The van der Waals surface area contributed by atoms with Gasteiger partial charge in [-0.15, -0.1) is 0 Å². The van der Waals surface area contributed by atoms with Crippen LogP contribution in [0.2, 0.25) is 0 Å². The molecule has 0 saturated heterocycles. The molecule has 0 atom stereocenters. The summed E-state index contributed by atoms with van der Waals surface area (Å²) in [6.07, 6.45) is 7.12. The van der Waals surface area contributed by atoms with E-state index in [4.69, 9.17) is 23.4 Å². The lowest BCUT2D eigenvalue weighted by Crippen LogP contribution is -2.27. The zero-order chi connectivity index (χ0) is 13.9. The maximum Gasteiger partial charge on any atom is 0.466 e. The minimum atomic E-state index is -4.64. The zero-order valence-corrected chi connectivity index (χ0v) is 12.6. The molecule has 5 nitrogen and oxygen atoms in total. The van der Waals surface area contributed by atoms with Gasteiger partial charge < -0.3 is 18.9 Å². The average Bonchev–Trinajstić information content (AvgIpc) is 2.23. The van der Waals surface area contributed by atoms with E-state index in [0.29, 0.717) is 0 Å². The van der Waals surface area contributed by atoms with Gasteiger partial charge in [0.05, 0.1) is 5.60 Å². The van der Waals surface area contributed by atoms with Crippen LogP contribution in [0.3, 0.4) is 0 Å². The van der Waals surface area contributed by atoms with Crippen LogP contribution in [-0.4, -0.2) is 20.3 Å².